The lowest BCUT2D eigenvalue weighted by molar-refractivity contribution is 0.0523. The lowest BCUT2D eigenvalue weighted by Crippen LogP contribution is -2.33. The summed E-state index contributed by atoms with van der Waals surface area (Å²) in [5, 5.41) is 7.95. The fourth-order valence-electron chi connectivity index (χ4n) is 3.84. The largest absolute Gasteiger partial charge is 0.444 e. The maximum atomic E-state index is 12.7. The molecule has 0 fully saturated rings. The standard InChI is InChI=1S/C29H36BrN3O3/c1-29(2,3)36-28(35)32-20-22-13-11-21(12-14-22)8-7-18-33(4)19-17-31-27(34)25-16-15-23-9-5-6-10-24(23)26(25)30/h5-6,9-16H,7-8,17-20H2,1-4H3,(H,31,34)(H,32,35). The van der Waals surface area contributed by atoms with Gasteiger partial charge in [0.2, 0.25) is 0 Å². The second-order valence-electron chi connectivity index (χ2n) is 9.98. The van der Waals surface area contributed by atoms with Gasteiger partial charge in [-0.1, -0.05) is 54.6 Å². The first kappa shape index (κ1) is 27.7. The summed E-state index contributed by atoms with van der Waals surface area (Å²) in [5.74, 6) is -0.0673. The van der Waals surface area contributed by atoms with Crippen LogP contribution in [-0.4, -0.2) is 49.2 Å². The predicted octanol–water partition coefficient (Wildman–Crippen LogP) is 5.92. The van der Waals surface area contributed by atoms with Gasteiger partial charge in [0.25, 0.3) is 5.91 Å². The molecule has 36 heavy (non-hydrogen) atoms. The van der Waals surface area contributed by atoms with Gasteiger partial charge < -0.3 is 20.3 Å². The van der Waals surface area contributed by atoms with Crippen LogP contribution in [0, 0.1) is 0 Å². The van der Waals surface area contributed by atoms with Crippen molar-refractivity contribution in [2.24, 2.45) is 0 Å². The van der Waals surface area contributed by atoms with Gasteiger partial charge in [-0.3, -0.25) is 4.79 Å². The Labute approximate surface area is 222 Å². The number of benzene rings is 3. The van der Waals surface area contributed by atoms with Crippen LogP contribution in [0.2, 0.25) is 0 Å². The Balaban J connectivity index is 1.35. The minimum atomic E-state index is -0.499. The smallest absolute Gasteiger partial charge is 0.407 e. The molecule has 3 aromatic carbocycles. The van der Waals surface area contributed by atoms with Gasteiger partial charge in [-0.15, -0.1) is 0 Å². The van der Waals surface area contributed by atoms with Crippen LogP contribution in [0.25, 0.3) is 10.8 Å². The SMILES string of the molecule is CN(CCCc1ccc(CNC(=O)OC(C)(C)C)cc1)CCNC(=O)c1ccc2ccccc2c1Br. The van der Waals surface area contributed by atoms with Crippen LogP contribution in [0.15, 0.2) is 65.1 Å². The molecule has 3 aromatic rings. The van der Waals surface area contributed by atoms with E-state index in [1.165, 1.54) is 5.56 Å². The van der Waals surface area contributed by atoms with Crippen LogP contribution in [0.5, 0.6) is 0 Å². The van der Waals surface area contributed by atoms with Crippen molar-refractivity contribution in [3.05, 3.63) is 81.8 Å². The summed E-state index contributed by atoms with van der Waals surface area (Å²) >= 11 is 3.59. The molecule has 0 unspecified atom stereocenters. The van der Waals surface area contributed by atoms with Gasteiger partial charge in [-0.25, -0.2) is 4.79 Å². The average Bonchev–Trinajstić information content (AvgIpc) is 2.83. The van der Waals surface area contributed by atoms with Gasteiger partial charge in [0.1, 0.15) is 5.60 Å². The molecule has 2 N–H and O–H groups in total. The van der Waals surface area contributed by atoms with Gasteiger partial charge in [0.15, 0.2) is 0 Å². The van der Waals surface area contributed by atoms with Crippen LogP contribution in [0.4, 0.5) is 4.79 Å². The highest BCUT2D eigenvalue weighted by atomic mass is 79.9. The van der Waals surface area contributed by atoms with E-state index < -0.39 is 11.7 Å². The van der Waals surface area contributed by atoms with E-state index in [1.54, 1.807) is 0 Å². The zero-order chi connectivity index (χ0) is 26.1. The van der Waals surface area contributed by atoms with Crippen molar-refractivity contribution in [2.45, 2.75) is 45.8 Å². The molecule has 0 aliphatic carbocycles. The molecule has 0 heterocycles. The van der Waals surface area contributed by atoms with E-state index in [0.717, 1.165) is 46.7 Å². The van der Waals surface area contributed by atoms with Crippen molar-refractivity contribution >= 4 is 38.7 Å². The van der Waals surface area contributed by atoms with Crippen LogP contribution in [-0.2, 0) is 17.7 Å². The van der Waals surface area contributed by atoms with Crippen molar-refractivity contribution in [3.63, 3.8) is 0 Å². The molecule has 7 heteroatoms. The number of nitrogens with one attached hydrogen (secondary N) is 2. The Bertz CT molecular complexity index is 1170. The van der Waals surface area contributed by atoms with Crippen LogP contribution in [0.1, 0.15) is 48.7 Å². The van der Waals surface area contributed by atoms with Crippen LogP contribution >= 0.6 is 15.9 Å². The molecule has 0 aromatic heterocycles. The highest BCUT2D eigenvalue weighted by molar-refractivity contribution is 9.10. The fourth-order valence-corrected chi connectivity index (χ4v) is 4.51. The lowest BCUT2D eigenvalue weighted by Gasteiger charge is -2.19. The minimum absolute atomic E-state index is 0.0673. The quantitative estimate of drug-likeness (QED) is 0.327. The number of likely N-dealkylation sites (N-methyl/N-ethyl adjacent to an activating group) is 1. The highest BCUT2D eigenvalue weighted by Crippen LogP contribution is 2.27. The normalized spacial score (nSPS) is 11.5. The van der Waals surface area contributed by atoms with Crippen molar-refractivity contribution in [2.75, 3.05) is 26.7 Å². The molecular weight excluding hydrogens is 518 g/mol. The number of carbonyl (C=O) groups excluding carboxylic acids is 2. The van der Waals surface area contributed by atoms with Crippen molar-refractivity contribution in [1.82, 2.24) is 15.5 Å². The number of hydrogen-bond acceptors (Lipinski definition) is 4. The first-order chi connectivity index (χ1) is 17.1. The molecule has 3 rings (SSSR count). The minimum Gasteiger partial charge on any atom is -0.444 e. The number of aryl methyl sites for hydroxylation is 1. The van der Waals surface area contributed by atoms with E-state index in [4.69, 9.17) is 4.74 Å². The van der Waals surface area contributed by atoms with Gasteiger partial charge in [-0.2, -0.15) is 0 Å². The first-order valence-electron chi connectivity index (χ1n) is 12.3. The third-order valence-electron chi connectivity index (χ3n) is 5.75. The van der Waals surface area contributed by atoms with E-state index in [-0.39, 0.29) is 5.91 Å². The summed E-state index contributed by atoms with van der Waals surface area (Å²) in [5.41, 5.74) is 2.46. The summed E-state index contributed by atoms with van der Waals surface area (Å²) in [6.45, 7) is 8.30. The molecule has 0 bridgehead atoms. The van der Waals surface area contributed by atoms with E-state index in [9.17, 15) is 9.59 Å². The van der Waals surface area contributed by atoms with Gasteiger partial charge in [0, 0.05) is 24.1 Å². The number of halogens is 1. The summed E-state index contributed by atoms with van der Waals surface area (Å²) in [7, 11) is 2.07. The number of rotatable bonds is 10. The second-order valence-corrected chi connectivity index (χ2v) is 10.8. The van der Waals surface area contributed by atoms with E-state index >= 15 is 0 Å². The highest BCUT2D eigenvalue weighted by Gasteiger charge is 2.15. The molecule has 0 aliphatic heterocycles. The van der Waals surface area contributed by atoms with E-state index in [1.807, 2.05) is 69.3 Å². The second kappa shape index (κ2) is 12.9. The number of ether oxygens (including phenoxy) is 1. The predicted molar refractivity (Wildman–Crippen MR) is 149 cm³/mol. The van der Waals surface area contributed by atoms with Gasteiger partial charge in [-0.05, 0) is 91.1 Å². The molecule has 0 radical (unpaired) electrons. The number of amides is 2. The molecule has 2 amide bonds. The molecule has 6 nitrogen and oxygen atoms in total. The van der Waals surface area contributed by atoms with E-state index in [2.05, 4.69) is 50.6 Å². The maximum Gasteiger partial charge on any atom is 0.407 e. The number of nitrogens with zero attached hydrogens (tertiary/aromatic N) is 1. The molecule has 192 valence electrons. The Hall–Kier alpha value is -2.90. The summed E-state index contributed by atoms with van der Waals surface area (Å²) in [6.07, 6.45) is 1.59. The van der Waals surface area contributed by atoms with Gasteiger partial charge in [0.05, 0.1) is 5.56 Å². The zero-order valence-electron chi connectivity index (χ0n) is 21.6. The molecule has 0 spiro atoms. The average molecular weight is 555 g/mol. The Morgan fingerprint density at radius 1 is 0.917 bits per heavy atom. The van der Waals surface area contributed by atoms with Gasteiger partial charge >= 0.3 is 6.09 Å². The monoisotopic (exact) mass is 553 g/mol. The topological polar surface area (TPSA) is 70.7 Å². The van der Waals surface area contributed by atoms with E-state index in [0.29, 0.717) is 18.7 Å². The Morgan fingerprint density at radius 3 is 2.33 bits per heavy atom. The number of carbonyl (C=O) groups is 2. The number of alkyl carbamates (subject to hydrolysis) is 1. The van der Waals surface area contributed by atoms with Crippen molar-refractivity contribution in [3.8, 4) is 0 Å². The molecule has 0 saturated heterocycles. The van der Waals surface area contributed by atoms with Crippen molar-refractivity contribution < 1.29 is 14.3 Å². The molecule has 0 saturated carbocycles. The lowest BCUT2D eigenvalue weighted by atomic mass is 10.1. The third-order valence-corrected chi connectivity index (χ3v) is 6.61. The first-order valence-corrected chi connectivity index (χ1v) is 13.1. The zero-order valence-corrected chi connectivity index (χ0v) is 23.2. The fraction of sp³-hybridized carbons (Fsp3) is 0.379. The van der Waals surface area contributed by atoms with Crippen molar-refractivity contribution in [1.29, 1.82) is 0 Å². The third kappa shape index (κ3) is 8.64. The number of fused-ring (bicyclic) bond motifs is 1. The summed E-state index contributed by atoms with van der Waals surface area (Å²) < 4.78 is 6.09. The number of hydrogen-bond donors (Lipinski definition) is 2. The summed E-state index contributed by atoms with van der Waals surface area (Å²) in [4.78, 5) is 26.7. The molecule has 0 aliphatic rings. The Kier molecular flexibility index (Phi) is 9.90. The van der Waals surface area contributed by atoms with Crippen LogP contribution in [0.3, 0.4) is 0 Å². The molecular formula is C29H36BrN3O3. The van der Waals surface area contributed by atoms with Crippen LogP contribution < -0.4 is 10.6 Å². The Morgan fingerprint density at radius 2 is 1.61 bits per heavy atom. The summed E-state index contributed by atoms with van der Waals surface area (Å²) in [6, 6.07) is 20.1. The maximum absolute atomic E-state index is 12.7. The molecule has 0 atom stereocenters.